The number of hydrogen-bond acceptors (Lipinski definition) is 3. The quantitative estimate of drug-likeness (QED) is 0.767. The van der Waals surface area contributed by atoms with E-state index in [0.717, 1.165) is 25.1 Å². The lowest BCUT2D eigenvalue weighted by molar-refractivity contribution is 0.0517. The third kappa shape index (κ3) is 2.53. The lowest BCUT2D eigenvalue weighted by Gasteiger charge is -2.03. The minimum absolute atomic E-state index is 0.326. The number of carbonyl (C=O) groups excluding carboxylic acids is 1. The fourth-order valence-corrected chi connectivity index (χ4v) is 2.04. The zero-order valence-electron chi connectivity index (χ0n) is 10.8. The van der Waals surface area contributed by atoms with Gasteiger partial charge in [0.05, 0.1) is 12.8 Å². The van der Waals surface area contributed by atoms with Crippen LogP contribution in [-0.2, 0) is 4.74 Å². The highest BCUT2D eigenvalue weighted by Crippen LogP contribution is 2.20. The number of aromatic nitrogens is 2. The number of allylic oxidation sites excluding steroid dienone is 2. The van der Waals surface area contributed by atoms with E-state index in [2.05, 4.69) is 24.1 Å². The van der Waals surface area contributed by atoms with Crippen LogP contribution < -0.4 is 0 Å². The molecule has 2 rings (SSSR count). The molecule has 0 aliphatic carbocycles. The topological polar surface area (TPSA) is 44.1 Å². The van der Waals surface area contributed by atoms with Gasteiger partial charge in [0.2, 0.25) is 0 Å². The molecule has 1 aliphatic rings. The second kappa shape index (κ2) is 5.67. The van der Waals surface area contributed by atoms with Gasteiger partial charge >= 0.3 is 5.97 Å². The molecule has 0 N–H and O–H groups in total. The van der Waals surface area contributed by atoms with Gasteiger partial charge in [-0.25, -0.2) is 9.78 Å². The van der Waals surface area contributed by atoms with Crippen LogP contribution in [-0.4, -0.2) is 22.1 Å². The highest BCUT2D eigenvalue weighted by atomic mass is 16.5. The van der Waals surface area contributed by atoms with Crippen LogP contribution in [0.2, 0.25) is 0 Å². The molecular formula is C14H18N2O2. The average molecular weight is 246 g/mol. The van der Waals surface area contributed by atoms with E-state index < -0.39 is 0 Å². The van der Waals surface area contributed by atoms with Crippen LogP contribution in [0, 0.1) is 0 Å². The Bertz CT molecular complexity index is 498. The van der Waals surface area contributed by atoms with Gasteiger partial charge in [0.1, 0.15) is 5.82 Å². The van der Waals surface area contributed by atoms with Crippen LogP contribution in [0.25, 0.3) is 12.3 Å². The third-order valence-corrected chi connectivity index (χ3v) is 2.85. The maximum atomic E-state index is 11.8. The molecule has 1 aromatic rings. The van der Waals surface area contributed by atoms with Crippen molar-refractivity contribution < 1.29 is 9.53 Å². The van der Waals surface area contributed by atoms with Gasteiger partial charge in [-0.05, 0) is 25.8 Å². The van der Waals surface area contributed by atoms with Crippen molar-refractivity contribution in [2.24, 2.45) is 0 Å². The van der Waals surface area contributed by atoms with E-state index in [1.807, 2.05) is 6.20 Å². The zero-order valence-corrected chi connectivity index (χ0v) is 10.8. The van der Waals surface area contributed by atoms with Gasteiger partial charge < -0.3 is 4.74 Å². The molecule has 96 valence electrons. The Hall–Kier alpha value is -1.84. The maximum absolute atomic E-state index is 11.8. The second-order valence-electron chi connectivity index (χ2n) is 4.23. The number of esters is 1. The predicted molar refractivity (Wildman–Crippen MR) is 71.0 cm³/mol. The zero-order chi connectivity index (χ0) is 13.0. The van der Waals surface area contributed by atoms with E-state index in [9.17, 15) is 4.79 Å². The van der Waals surface area contributed by atoms with Crippen LogP contribution in [0.1, 0.15) is 49.4 Å². The van der Waals surface area contributed by atoms with Crippen LogP contribution in [0.4, 0.5) is 0 Å². The van der Waals surface area contributed by atoms with Crippen molar-refractivity contribution in [3.8, 4) is 0 Å². The summed E-state index contributed by atoms with van der Waals surface area (Å²) in [5.74, 6) is 0.475. The normalized spacial score (nSPS) is 13.8. The molecule has 4 heteroatoms. The summed E-state index contributed by atoms with van der Waals surface area (Å²) in [5.41, 5.74) is 1.82. The number of hydrogen-bond donors (Lipinski definition) is 0. The van der Waals surface area contributed by atoms with E-state index in [0.29, 0.717) is 12.3 Å². The molecule has 0 unspecified atom stereocenters. The molecule has 0 radical (unpaired) electrons. The highest BCUT2D eigenvalue weighted by Gasteiger charge is 2.16. The molecule has 0 fully saturated rings. The first-order chi connectivity index (χ1) is 8.76. The minimum atomic E-state index is -0.326. The summed E-state index contributed by atoms with van der Waals surface area (Å²) in [6, 6.07) is 0. The van der Waals surface area contributed by atoms with E-state index >= 15 is 0 Å². The fourth-order valence-electron chi connectivity index (χ4n) is 2.04. The van der Waals surface area contributed by atoms with Gasteiger partial charge in [0.25, 0.3) is 0 Å². The number of rotatable bonds is 4. The summed E-state index contributed by atoms with van der Waals surface area (Å²) in [5, 5.41) is 0. The third-order valence-electron chi connectivity index (χ3n) is 2.85. The minimum Gasteiger partial charge on any atom is -0.461 e. The molecule has 0 atom stereocenters. The van der Waals surface area contributed by atoms with E-state index in [-0.39, 0.29) is 5.97 Å². The fraction of sp³-hybridized carbons (Fsp3) is 0.429. The highest BCUT2D eigenvalue weighted by molar-refractivity contribution is 5.88. The van der Waals surface area contributed by atoms with E-state index in [1.54, 1.807) is 17.7 Å². The van der Waals surface area contributed by atoms with Gasteiger partial charge in [-0.3, -0.25) is 4.57 Å². The summed E-state index contributed by atoms with van der Waals surface area (Å²) in [6.07, 6.45) is 10.7. The summed E-state index contributed by atoms with van der Waals surface area (Å²) >= 11 is 0. The standard InChI is InChI=1S/C14H18N2O2/c1-3-6-11-7-5-8-16-12(14(17)18-4-2)10-15-13(16)9-11/h5,8-10H,3-4,6-7H2,1-2H3. The van der Waals surface area contributed by atoms with Crippen molar-refractivity contribution in [2.45, 2.75) is 33.1 Å². The van der Waals surface area contributed by atoms with Crippen LogP contribution >= 0.6 is 0 Å². The molecule has 0 saturated carbocycles. The Kier molecular flexibility index (Phi) is 3.97. The average Bonchev–Trinajstić information content (AvgIpc) is 2.63. The van der Waals surface area contributed by atoms with Gasteiger partial charge in [-0.15, -0.1) is 0 Å². The van der Waals surface area contributed by atoms with Crippen LogP contribution in [0.5, 0.6) is 0 Å². The summed E-state index contributed by atoms with van der Waals surface area (Å²) in [7, 11) is 0. The molecule has 0 amide bonds. The summed E-state index contributed by atoms with van der Waals surface area (Å²) in [6.45, 7) is 4.33. The molecule has 0 spiro atoms. The van der Waals surface area contributed by atoms with Crippen molar-refractivity contribution in [3.05, 3.63) is 29.4 Å². The number of nitrogens with zero attached hydrogens (tertiary/aromatic N) is 2. The Morgan fingerprint density at radius 1 is 1.50 bits per heavy atom. The molecule has 0 aromatic carbocycles. The Balaban J connectivity index is 2.33. The molecule has 1 aromatic heterocycles. The number of ether oxygens (including phenoxy) is 1. The predicted octanol–water partition coefficient (Wildman–Crippen LogP) is 3.12. The molecule has 4 nitrogen and oxygen atoms in total. The van der Waals surface area contributed by atoms with Crippen molar-refractivity contribution in [3.63, 3.8) is 0 Å². The molecule has 1 aliphatic heterocycles. The maximum Gasteiger partial charge on any atom is 0.356 e. The van der Waals surface area contributed by atoms with Gasteiger partial charge in [-0.1, -0.05) is 25.0 Å². The van der Waals surface area contributed by atoms with Gasteiger partial charge in [0.15, 0.2) is 5.69 Å². The Labute approximate surface area is 107 Å². The molecule has 18 heavy (non-hydrogen) atoms. The van der Waals surface area contributed by atoms with Gasteiger partial charge in [-0.2, -0.15) is 0 Å². The number of fused-ring (bicyclic) bond motifs is 1. The first kappa shape index (κ1) is 12.6. The SMILES string of the molecule is CCCC1=Cc2ncc(C(=O)OCC)n2C=CC1. The van der Waals surface area contributed by atoms with Crippen LogP contribution in [0.3, 0.4) is 0 Å². The molecule has 0 saturated heterocycles. The molecule has 2 heterocycles. The van der Waals surface area contributed by atoms with E-state index in [1.165, 1.54) is 5.57 Å². The summed E-state index contributed by atoms with van der Waals surface area (Å²) in [4.78, 5) is 16.0. The Morgan fingerprint density at radius 2 is 2.33 bits per heavy atom. The van der Waals surface area contributed by atoms with Crippen molar-refractivity contribution in [2.75, 3.05) is 6.61 Å². The largest absolute Gasteiger partial charge is 0.461 e. The first-order valence-corrected chi connectivity index (χ1v) is 6.36. The number of carbonyl (C=O) groups is 1. The lowest BCUT2D eigenvalue weighted by atomic mass is 10.1. The second-order valence-corrected chi connectivity index (χ2v) is 4.23. The monoisotopic (exact) mass is 246 g/mol. The molecule has 0 bridgehead atoms. The van der Waals surface area contributed by atoms with Gasteiger partial charge in [0, 0.05) is 6.20 Å². The number of imidazole rings is 1. The van der Waals surface area contributed by atoms with E-state index in [4.69, 9.17) is 4.74 Å². The Morgan fingerprint density at radius 3 is 3.06 bits per heavy atom. The van der Waals surface area contributed by atoms with Crippen molar-refractivity contribution in [1.29, 1.82) is 0 Å². The van der Waals surface area contributed by atoms with Crippen molar-refractivity contribution in [1.82, 2.24) is 9.55 Å². The first-order valence-electron chi connectivity index (χ1n) is 6.36. The lowest BCUT2D eigenvalue weighted by Crippen LogP contribution is -2.09. The van der Waals surface area contributed by atoms with Crippen LogP contribution in [0.15, 0.2) is 17.8 Å². The smallest absolute Gasteiger partial charge is 0.356 e. The summed E-state index contributed by atoms with van der Waals surface area (Å²) < 4.78 is 6.81. The molecular weight excluding hydrogens is 228 g/mol. The van der Waals surface area contributed by atoms with Crippen molar-refractivity contribution >= 4 is 18.2 Å².